The van der Waals surface area contributed by atoms with Gasteiger partial charge in [0.15, 0.2) is 0 Å². The van der Waals surface area contributed by atoms with E-state index in [-0.39, 0.29) is 12.6 Å². The van der Waals surface area contributed by atoms with E-state index in [4.69, 9.17) is 9.47 Å². The van der Waals surface area contributed by atoms with Gasteiger partial charge in [0.1, 0.15) is 17.5 Å². The van der Waals surface area contributed by atoms with E-state index in [1.165, 1.54) is 4.90 Å². The second-order valence-corrected chi connectivity index (χ2v) is 7.55. The van der Waals surface area contributed by atoms with E-state index in [0.717, 1.165) is 0 Å². The summed E-state index contributed by atoms with van der Waals surface area (Å²) in [7, 11) is 0. The highest BCUT2D eigenvalue weighted by atomic mass is 19.4. The number of hydrogen-bond acceptors (Lipinski definition) is 3. The second kappa shape index (κ2) is 7.71. The summed E-state index contributed by atoms with van der Waals surface area (Å²) in [6.45, 7) is 5.43. The molecule has 4 nitrogen and oxygen atoms in total. The molecule has 10 heteroatoms. The van der Waals surface area contributed by atoms with Crippen LogP contribution in [-0.4, -0.2) is 35.8 Å². The molecule has 1 unspecified atom stereocenters. The lowest BCUT2D eigenvalue weighted by Gasteiger charge is -2.34. The fraction of sp³-hybridized carbons (Fsp3) is 0.611. The van der Waals surface area contributed by atoms with Crippen LogP contribution in [0.15, 0.2) is 18.2 Å². The maximum Gasteiger partial charge on any atom is 0.416 e. The Hall–Kier alpha value is -2.13. The van der Waals surface area contributed by atoms with Crippen molar-refractivity contribution in [3.8, 4) is 5.75 Å². The summed E-state index contributed by atoms with van der Waals surface area (Å²) >= 11 is 0. The zero-order chi connectivity index (χ0) is 21.3. The first-order chi connectivity index (χ1) is 12.6. The molecule has 28 heavy (non-hydrogen) atoms. The first kappa shape index (κ1) is 22.2. The number of carbonyl (C=O) groups excluding carboxylic acids is 1. The van der Waals surface area contributed by atoms with Gasteiger partial charge in [0.2, 0.25) is 0 Å². The van der Waals surface area contributed by atoms with Gasteiger partial charge in [0.05, 0.1) is 17.7 Å². The van der Waals surface area contributed by atoms with Crippen molar-refractivity contribution in [2.75, 3.05) is 13.1 Å². The largest absolute Gasteiger partial charge is 0.489 e. The number of ether oxygens (including phenoxy) is 2. The molecule has 2 rings (SSSR count). The van der Waals surface area contributed by atoms with Crippen LogP contribution in [0.1, 0.15) is 44.7 Å². The third-order valence-corrected chi connectivity index (χ3v) is 3.89. The minimum absolute atomic E-state index is 0.00646. The summed E-state index contributed by atoms with van der Waals surface area (Å²) in [5.41, 5.74) is -3.62. The van der Waals surface area contributed by atoms with Gasteiger partial charge >= 0.3 is 18.4 Å². The number of halogens is 6. The van der Waals surface area contributed by atoms with E-state index in [1.54, 1.807) is 20.8 Å². The van der Waals surface area contributed by atoms with Gasteiger partial charge in [-0.15, -0.1) is 0 Å². The third-order valence-electron chi connectivity index (χ3n) is 3.89. The van der Waals surface area contributed by atoms with Crippen LogP contribution in [0.4, 0.5) is 31.1 Å². The lowest BCUT2D eigenvalue weighted by Crippen LogP contribution is -2.46. The first-order valence-electron chi connectivity index (χ1n) is 8.59. The molecule has 1 atom stereocenters. The Kier molecular flexibility index (Phi) is 6.10. The van der Waals surface area contributed by atoms with Crippen LogP contribution in [0.2, 0.25) is 0 Å². The molecule has 1 fully saturated rings. The van der Waals surface area contributed by atoms with Crippen molar-refractivity contribution in [3.63, 3.8) is 0 Å². The summed E-state index contributed by atoms with van der Waals surface area (Å²) in [4.78, 5) is 13.5. The molecule has 1 aromatic rings. The van der Waals surface area contributed by atoms with Crippen molar-refractivity contribution in [2.24, 2.45) is 0 Å². The Labute approximate surface area is 158 Å². The van der Waals surface area contributed by atoms with Gasteiger partial charge in [-0.3, -0.25) is 0 Å². The minimum atomic E-state index is -4.95. The number of benzene rings is 1. The van der Waals surface area contributed by atoms with Crippen LogP contribution in [-0.2, 0) is 17.1 Å². The average molecular weight is 413 g/mol. The molecular formula is C18H21F6NO3. The maximum absolute atomic E-state index is 12.9. The predicted octanol–water partition coefficient (Wildman–Crippen LogP) is 5.50. The van der Waals surface area contributed by atoms with Gasteiger partial charge in [-0.1, -0.05) is 0 Å². The van der Waals surface area contributed by atoms with Gasteiger partial charge in [-0.2, -0.15) is 26.3 Å². The number of carbonyl (C=O) groups is 1. The molecule has 158 valence electrons. The average Bonchev–Trinajstić information content (AvgIpc) is 2.51. The highest BCUT2D eigenvalue weighted by Gasteiger charge is 2.38. The van der Waals surface area contributed by atoms with E-state index < -0.39 is 47.0 Å². The van der Waals surface area contributed by atoms with Gasteiger partial charge in [-0.25, -0.2) is 4.79 Å². The Bertz CT molecular complexity index is 676. The molecule has 0 aliphatic carbocycles. The number of alkyl halides is 6. The molecule has 1 heterocycles. The summed E-state index contributed by atoms with van der Waals surface area (Å²) in [5.74, 6) is -0.543. The summed E-state index contributed by atoms with van der Waals surface area (Å²) in [5, 5.41) is 0. The molecule has 0 radical (unpaired) electrons. The van der Waals surface area contributed by atoms with E-state index in [1.807, 2.05) is 0 Å². The highest BCUT2D eigenvalue weighted by molar-refractivity contribution is 5.68. The van der Waals surface area contributed by atoms with Crippen molar-refractivity contribution in [1.29, 1.82) is 0 Å². The van der Waals surface area contributed by atoms with Crippen LogP contribution in [0.25, 0.3) is 0 Å². The molecule has 0 saturated carbocycles. The molecule has 1 saturated heterocycles. The van der Waals surface area contributed by atoms with Crippen LogP contribution >= 0.6 is 0 Å². The zero-order valence-electron chi connectivity index (χ0n) is 15.6. The zero-order valence-corrected chi connectivity index (χ0v) is 15.6. The van der Waals surface area contributed by atoms with Crippen LogP contribution in [0.3, 0.4) is 0 Å². The molecule has 0 N–H and O–H groups in total. The standard InChI is InChI=1S/C18H21F6NO3/c1-16(2,3)28-15(26)25-6-4-5-13(10-25)27-14-8-11(17(19,20)21)7-12(9-14)18(22,23)24/h7-9,13H,4-6,10H2,1-3H3. The molecular weight excluding hydrogens is 392 g/mol. The summed E-state index contributed by atoms with van der Waals surface area (Å²) < 4.78 is 88.3. The number of likely N-dealkylation sites (tertiary alicyclic amines) is 1. The summed E-state index contributed by atoms with van der Waals surface area (Å²) in [6, 6.07) is 1.10. The van der Waals surface area contributed by atoms with Crippen molar-refractivity contribution in [1.82, 2.24) is 4.90 Å². The fourth-order valence-corrected chi connectivity index (χ4v) is 2.71. The number of rotatable bonds is 2. The van der Waals surface area contributed by atoms with Gasteiger partial charge < -0.3 is 14.4 Å². The Morgan fingerprint density at radius 2 is 1.54 bits per heavy atom. The molecule has 0 bridgehead atoms. The van der Waals surface area contributed by atoms with Crippen molar-refractivity contribution < 1.29 is 40.6 Å². The highest BCUT2D eigenvalue weighted by Crippen LogP contribution is 2.38. The smallest absolute Gasteiger partial charge is 0.416 e. The lowest BCUT2D eigenvalue weighted by atomic mass is 10.1. The Balaban J connectivity index is 2.19. The van der Waals surface area contributed by atoms with Crippen molar-refractivity contribution >= 4 is 6.09 Å². The monoisotopic (exact) mass is 413 g/mol. The van der Waals surface area contributed by atoms with Crippen LogP contribution in [0.5, 0.6) is 5.75 Å². The second-order valence-electron chi connectivity index (χ2n) is 7.55. The molecule has 1 aromatic carbocycles. The minimum Gasteiger partial charge on any atom is -0.489 e. The van der Waals surface area contributed by atoms with Gasteiger partial charge in [0.25, 0.3) is 0 Å². The molecule has 1 amide bonds. The SMILES string of the molecule is CC(C)(C)OC(=O)N1CCCC(Oc2cc(C(F)(F)F)cc(C(F)(F)F)c2)C1. The normalized spacial score (nSPS) is 18.8. The molecule has 1 aliphatic heterocycles. The quantitative estimate of drug-likeness (QED) is 0.601. The fourth-order valence-electron chi connectivity index (χ4n) is 2.71. The van der Waals surface area contributed by atoms with Crippen molar-refractivity contribution in [3.05, 3.63) is 29.3 Å². The third kappa shape index (κ3) is 6.20. The van der Waals surface area contributed by atoms with Crippen molar-refractivity contribution in [2.45, 2.75) is 57.7 Å². The predicted molar refractivity (Wildman–Crippen MR) is 87.9 cm³/mol. The van der Waals surface area contributed by atoms with Gasteiger partial charge in [0, 0.05) is 6.54 Å². The molecule has 0 spiro atoms. The Morgan fingerprint density at radius 1 is 1.00 bits per heavy atom. The van der Waals surface area contributed by atoms with Crippen LogP contribution in [0, 0.1) is 0 Å². The number of hydrogen-bond donors (Lipinski definition) is 0. The van der Waals surface area contributed by atoms with Crippen LogP contribution < -0.4 is 4.74 Å². The first-order valence-corrected chi connectivity index (χ1v) is 8.59. The number of nitrogens with zero attached hydrogens (tertiary/aromatic N) is 1. The number of piperidine rings is 1. The summed E-state index contributed by atoms with van der Waals surface area (Å²) in [6.07, 6.45) is -10.4. The van der Waals surface area contributed by atoms with Gasteiger partial charge in [-0.05, 0) is 51.8 Å². The molecule has 1 aliphatic rings. The van der Waals surface area contributed by atoms with E-state index in [2.05, 4.69) is 0 Å². The van der Waals surface area contributed by atoms with E-state index in [9.17, 15) is 31.1 Å². The van der Waals surface area contributed by atoms with E-state index in [0.29, 0.717) is 31.5 Å². The maximum atomic E-state index is 12.9. The topological polar surface area (TPSA) is 38.8 Å². The molecule has 0 aromatic heterocycles. The number of amides is 1. The lowest BCUT2D eigenvalue weighted by molar-refractivity contribution is -0.143. The van der Waals surface area contributed by atoms with E-state index >= 15 is 0 Å². The Morgan fingerprint density at radius 3 is 2.00 bits per heavy atom.